The van der Waals surface area contributed by atoms with Crippen molar-refractivity contribution in [2.75, 3.05) is 24.8 Å². The van der Waals surface area contributed by atoms with E-state index in [0.717, 1.165) is 22.9 Å². The second-order valence-electron chi connectivity index (χ2n) is 7.59. The van der Waals surface area contributed by atoms with Crippen molar-refractivity contribution >= 4 is 21.6 Å². The van der Waals surface area contributed by atoms with Gasteiger partial charge in [-0.05, 0) is 68.7 Å². The summed E-state index contributed by atoms with van der Waals surface area (Å²) in [6.07, 6.45) is 1.43. The Morgan fingerprint density at radius 1 is 1.06 bits per heavy atom. The van der Waals surface area contributed by atoms with Crippen LogP contribution in [-0.4, -0.2) is 40.8 Å². The summed E-state index contributed by atoms with van der Waals surface area (Å²) in [6.45, 7) is 7.48. The molecular weight excluding hydrogens is 416 g/mol. The summed E-state index contributed by atoms with van der Waals surface area (Å²) in [7, 11) is -0.580. The van der Waals surface area contributed by atoms with Crippen LogP contribution in [0.1, 0.15) is 43.0 Å². The number of benzene rings is 2. The highest BCUT2D eigenvalue weighted by Gasteiger charge is 2.32. The lowest BCUT2D eigenvalue weighted by molar-refractivity contribution is -0.122. The van der Waals surface area contributed by atoms with Crippen LogP contribution in [0.15, 0.2) is 36.4 Å². The van der Waals surface area contributed by atoms with Crippen LogP contribution in [0, 0.1) is 13.8 Å². The maximum atomic E-state index is 13.2. The van der Waals surface area contributed by atoms with Gasteiger partial charge in [0.25, 0.3) is 0 Å². The van der Waals surface area contributed by atoms with Crippen LogP contribution in [0.4, 0.5) is 5.69 Å². The number of rotatable bonds is 9. The van der Waals surface area contributed by atoms with Gasteiger partial charge < -0.3 is 14.8 Å². The van der Waals surface area contributed by atoms with E-state index >= 15 is 0 Å². The monoisotopic (exact) mass is 448 g/mol. The Labute approximate surface area is 185 Å². The summed E-state index contributed by atoms with van der Waals surface area (Å²) in [6, 6.07) is 9.40. The average molecular weight is 449 g/mol. The zero-order chi connectivity index (χ0) is 23.3. The second-order valence-corrected chi connectivity index (χ2v) is 9.45. The molecular formula is C23H32N2O5S. The summed E-state index contributed by atoms with van der Waals surface area (Å²) in [4.78, 5) is 13.2. The first kappa shape index (κ1) is 24.5. The third-order valence-electron chi connectivity index (χ3n) is 5.34. The maximum absolute atomic E-state index is 13.2. The summed E-state index contributed by atoms with van der Waals surface area (Å²) >= 11 is 0. The molecule has 0 aromatic heterocycles. The molecule has 1 N–H and O–H groups in total. The van der Waals surface area contributed by atoms with Crippen molar-refractivity contribution in [1.29, 1.82) is 0 Å². The number of amides is 1. The van der Waals surface area contributed by atoms with Crippen molar-refractivity contribution in [2.45, 2.75) is 46.2 Å². The van der Waals surface area contributed by atoms with E-state index in [1.165, 1.54) is 4.31 Å². The van der Waals surface area contributed by atoms with Crippen molar-refractivity contribution in [3.63, 3.8) is 0 Å². The Kier molecular flexibility index (Phi) is 7.95. The molecule has 0 saturated heterocycles. The topological polar surface area (TPSA) is 84.9 Å². The smallest absolute Gasteiger partial charge is 0.244 e. The minimum atomic E-state index is -3.70. The molecule has 7 nitrogen and oxygen atoms in total. The van der Waals surface area contributed by atoms with Crippen molar-refractivity contribution in [3.05, 3.63) is 53.1 Å². The van der Waals surface area contributed by atoms with Gasteiger partial charge in [-0.15, -0.1) is 0 Å². The fourth-order valence-electron chi connectivity index (χ4n) is 3.49. The molecule has 0 fully saturated rings. The van der Waals surface area contributed by atoms with E-state index in [1.807, 2.05) is 26.8 Å². The van der Waals surface area contributed by atoms with Crippen LogP contribution >= 0.6 is 0 Å². The molecule has 0 radical (unpaired) electrons. The molecule has 2 atom stereocenters. The first-order valence-corrected chi connectivity index (χ1v) is 12.0. The van der Waals surface area contributed by atoms with Gasteiger partial charge in [-0.25, -0.2) is 8.42 Å². The molecule has 170 valence electrons. The van der Waals surface area contributed by atoms with Crippen LogP contribution in [0.25, 0.3) is 0 Å². The van der Waals surface area contributed by atoms with Gasteiger partial charge >= 0.3 is 0 Å². The third-order valence-corrected chi connectivity index (χ3v) is 6.52. The van der Waals surface area contributed by atoms with Gasteiger partial charge in [-0.3, -0.25) is 9.10 Å². The Balaban J connectivity index is 2.39. The SMILES string of the molecule is CCC(C(=O)NC(C)c1cc(OC)ccc1OC)N(c1ccc(C)c(C)c1)S(C)(=O)=O. The molecule has 2 aromatic carbocycles. The average Bonchev–Trinajstić information content (AvgIpc) is 2.72. The number of aryl methyl sites for hydroxylation is 2. The number of nitrogens with zero attached hydrogens (tertiary/aromatic N) is 1. The van der Waals surface area contributed by atoms with E-state index in [2.05, 4.69) is 5.32 Å². The lowest BCUT2D eigenvalue weighted by Crippen LogP contribution is -2.49. The number of nitrogens with one attached hydrogen (secondary N) is 1. The van der Waals surface area contributed by atoms with Crippen LogP contribution in [-0.2, 0) is 14.8 Å². The number of ether oxygens (including phenoxy) is 2. The quantitative estimate of drug-likeness (QED) is 0.632. The van der Waals surface area contributed by atoms with Gasteiger partial charge in [-0.2, -0.15) is 0 Å². The predicted molar refractivity (Wildman–Crippen MR) is 123 cm³/mol. The minimum Gasteiger partial charge on any atom is -0.497 e. The molecule has 2 aromatic rings. The standard InChI is InChI=1S/C23H32N2O5S/c1-8-21(25(31(7,27)28)18-10-9-15(2)16(3)13-18)23(26)24-17(4)20-14-19(29-5)11-12-22(20)30-6/h9-14,17,21H,8H2,1-7H3,(H,24,26). The van der Waals surface area contributed by atoms with E-state index < -0.39 is 22.1 Å². The fraction of sp³-hybridized carbons (Fsp3) is 0.435. The van der Waals surface area contributed by atoms with Gasteiger partial charge in [0.05, 0.1) is 32.2 Å². The lowest BCUT2D eigenvalue weighted by atomic mass is 10.1. The molecule has 0 aliphatic rings. The number of carbonyl (C=O) groups excluding carboxylic acids is 1. The van der Waals surface area contributed by atoms with Gasteiger partial charge in [0.15, 0.2) is 0 Å². The molecule has 0 heterocycles. The van der Waals surface area contributed by atoms with E-state index in [-0.39, 0.29) is 5.91 Å². The molecule has 0 bridgehead atoms. The number of anilines is 1. The second kappa shape index (κ2) is 10.0. The largest absolute Gasteiger partial charge is 0.497 e. The zero-order valence-corrected chi connectivity index (χ0v) is 20.0. The van der Waals surface area contributed by atoms with Gasteiger partial charge in [-0.1, -0.05) is 13.0 Å². The highest BCUT2D eigenvalue weighted by Crippen LogP contribution is 2.30. The maximum Gasteiger partial charge on any atom is 0.244 e. The molecule has 2 rings (SSSR count). The molecule has 0 aliphatic carbocycles. The minimum absolute atomic E-state index is 0.313. The lowest BCUT2D eigenvalue weighted by Gasteiger charge is -2.31. The van der Waals surface area contributed by atoms with Crippen molar-refractivity contribution in [1.82, 2.24) is 5.32 Å². The molecule has 31 heavy (non-hydrogen) atoms. The Hall–Kier alpha value is -2.74. The van der Waals surface area contributed by atoms with E-state index in [9.17, 15) is 13.2 Å². The van der Waals surface area contributed by atoms with E-state index in [1.54, 1.807) is 51.5 Å². The Bertz CT molecular complexity index is 1040. The van der Waals surface area contributed by atoms with Crippen LogP contribution in [0.5, 0.6) is 11.5 Å². The number of sulfonamides is 1. The zero-order valence-electron chi connectivity index (χ0n) is 19.2. The highest BCUT2D eigenvalue weighted by atomic mass is 32.2. The van der Waals surface area contributed by atoms with Crippen molar-refractivity contribution in [2.24, 2.45) is 0 Å². The Morgan fingerprint density at radius 3 is 2.26 bits per heavy atom. The molecule has 0 aliphatic heterocycles. The molecule has 8 heteroatoms. The predicted octanol–water partition coefficient (Wildman–Crippen LogP) is 3.74. The third kappa shape index (κ3) is 5.70. The highest BCUT2D eigenvalue weighted by molar-refractivity contribution is 7.92. The molecule has 1 amide bonds. The van der Waals surface area contributed by atoms with Gasteiger partial charge in [0.2, 0.25) is 15.9 Å². The molecule has 2 unspecified atom stereocenters. The normalized spacial score (nSPS) is 13.3. The van der Waals surface area contributed by atoms with Crippen LogP contribution in [0.3, 0.4) is 0 Å². The summed E-state index contributed by atoms with van der Waals surface area (Å²) < 4.78 is 37.3. The summed E-state index contributed by atoms with van der Waals surface area (Å²) in [5, 5.41) is 2.94. The molecule has 0 saturated carbocycles. The van der Waals surface area contributed by atoms with Gasteiger partial charge in [0, 0.05) is 5.56 Å². The van der Waals surface area contributed by atoms with Crippen LogP contribution in [0.2, 0.25) is 0 Å². The van der Waals surface area contributed by atoms with Crippen LogP contribution < -0.4 is 19.1 Å². The number of hydrogen-bond donors (Lipinski definition) is 1. The molecule has 0 spiro atoms. The van der Waals surface area contributed by atoms with Crippen molar-refractivity contribution in [3.8, 4) is 11.5 Å². The summed E-state index contributed by atoms with van der Waals surface area (Å²) in [5.74, 6) is 0.858. The first-order chi connectivity index (χ1) is 14.5. The number of methoxy groups -OCH3 is 2. The first-order valence-electron chi connectivity index (χ1n) is 10.1. The number of carbonyl (C=O) groups is 1. The Morgan fingerprint density at radius 2 is 1.74 bits per heavy atom. The van der Waals surface area contributed by atoms with Crippen molar-refractivity contribution < 1.29 is 22.7 Å². The van der Waals surface area contributed by atoms with E-state index in [4.69, 9.17) is 9.47 Å². The summed E-state index contributed by atoms with van der Waals surface area (Å²) in [5.41, 5.74) is 3.21. The van der Waals surface area contributed by atoms with Gasteiger partial charge in [0.1, 0.15) is 17.5 Å². The number of hydrogen-bond acceptors (Lipinski definition) is 5. The fourth-order valence-corrected chi connectivity index (χ4v) is 4.69. The van der Waals surface area contributed by atoms with E-state index in [0.29, 0.717) is 23.6 Å².